The highest BCUT2D eigenvalue weighted by Gasteiger charge is 2.52. The number of benzene rings is 1. The summed E-state index contributed by atoms with van der Waals surface area (Å²) in [7, 11) is 5.88. The molecule has 1 N–H and O–H groups in total. The zero-order valence-electron chi connectivity index (χ0n) is 21.8. The van der Waals surface area contributed by atoms with Gasteiger partial charge >= 0.3 is 0 Å². The van der Waals surface area contributed by atoms with Crippen molar-refractivity contribution in [1.82, 2.24) is 29.7 Å². The predicted octanol–water partition coefficient (Wildman–Crippen LogP) is 1.95. The van der Waals surface area contributed by atoms with Gasteiger partial charge in [0.25, 0.3) is 5.91 Å². The van der Waals surface area contributed by atoms with Crippen LogP contribution in [0.25, 0.3) is 11.2 Å². The Labute approximate surface area is 216 Å². The number of amides is 2. The van der Waals surface area contributed by atoms with Gasteiger partial charge in [0, 0.05) is 45.5 Å². The molecule has 0 bridgehead atoms. The summed E-state index contributed by atoms with van der Waals surface area (Å²) in [5, 5.41) is 3.00. The summed E-state index contributed by atoms with van der Waals surface area (Å²) < 4.78 is 1.74. The molecule has 2 aromatic heterocycles. The number of para-hydroxylation sites is 1. The van der Waals surface area contributed by atoms with E-state index in [1.165, 1.54) is 19.2 Å². The van der Waals surface area contributed by atoms with E-state index in [9.17, 15) is 9.59 Å². The smallest absolute Gasteiger partial charge is 0.287 e. The number of imidazole rings is 1. The monoisotopic (exact) mass is 502 g/mol. The number of rotatable bonds is 7. The zero-order chi connectivity index (χ0) is 25.7. The number of anilines is 2. The highest BCUT2D eigenvalue weighted by molar-refractivity contribution is 6.08. The summed E-state index contributed by atoms with van der Waals surface area (Å²) in [6, 6.07) is 8.24. The summed E-state index contributed by atoms with van der Waals surface area (Å²) in [6.07, 6.45) is 5.29. The number of nitrogens with zero attached hydrogens (tertiary/aromatic N) is 7. The van der Waals surface area contributed by atoms with Crippen molar-refractivity contribution in [2.45, 2.75) is 31.1 Å². The first-order chi connectivity index (χ1) is 17.9. The van der Waals surface area contributed by atoms with Crippen molar-refractivity contribution in [1.29, 1.82) is 0 Å². The third-order valence-corrected chi connectivity index (χ3v) is 8.14. The summed E-state index contributed by atoms with van der Waals surface area (Å²) in [5.41, 5.74) is 2.93. The molecule has 2 aliphatic heterocycles. The van der Waals surface area contributed by atoms with Crippen LogP contribution in [0.1, 0.15) is 41.9 Å². The molecule has 1 spiro atoms. The SMILES string of the molecule is CN(C)CCN1C(=O)C2(CCN(c3ncnc4c3nc(C(=O)NCC3CC3)n4C)CC2)c2ccccc21. The van der Waals surface area contributed by atoms with Crippen LogP contribution in [0.15, 0.2) is 30.6 Å². The molecule has 3 aromatic rings. The van der Waals surface area contributed by atoms with Gasteiger partial charge in [0.15, 0.2) is 17.0 Å². The number of fused-ring (bicyclic) bond motifs is 3. The lowest BCUT2D eigenvalue weighted by atomic mass is 9.73. The van der Waals surface area contributed by atoms with Gasteiger partial charge < -0.3 is 24.6 Å². The van der Waals surface area contributed by atoms with Crippen LogP contribution in [0.5, 0.6) is 0 Å². The van der Waals surface area contributed by atoms with E-state index in [0.29, 0.717) is 61.9 Å². The lowest BCUT2D eigenvalue weighted by molar-refractivity contribution is -0.123. The number of likely N-dealkylation sites (N-methyl/N-ethyl adjacent to an activating group) is 1. The van der Waals surface area contributed by atoms with E-state index >= 15 is 0 Å². The van der Waals surface area contributed by atoms with Crippen LogP contribution >= 0.6 is 0 Å². The standard InChI is InChI=1S/C27H34N8O2/c1-32(2)14-15-35-20-7-5-4-6-19(20)27(26(35)37)10-12-34(13-11-27)23-21-22(29-17-30-23)33(3)24(31-21)25(36)28-16-18-8-9-18/h4-7,17-18H,8-16H2,1-3H3,(H,28,36). The average Bonchev–Trinajstić information content (AvgIpc) is 3.64. The van der Waals surface area contributed by atoms with Crippen LogP contribution in [-0.4, -0.2) is 83.1 Å². The Kier molecular flexibility index (Phi) is 5.86. The van der Waals surface area contributed by atoms with Crippen molar-refractivity contribution in [2.75, 3.05) is 56.6 Å². The van der Waals surface area contributed by atoms with Gasteiger partial charge in [-0.3, -0.25) is 9.59 Å². The molecule has 0 unspecified atom stereocenters. The fourth-order valence-electron chi connectivity index (χ4n) is 5.76. The third kappa shape index (κ3) is 4.03. The topological polar surface area (TPSA) is 99.5 Å². The number of nitrogens with one attached hydrogen (secondary N) is 1. The van der Waals surface area contributed by atoms with Gasteiger partial charge in [0.1, 0.15) is 6.33 Å². The van der Waals surface area contributed by atoms with E-state index in [1.54, 1.807) is 4.57 Å². The second-order valence-corrected chi connectivity index (χ2v) is 10.9. The number of aryl methyl sites for hydroxylation is 1. The van der Waals surface area contributed by atoms with Crippen molar-refractivity contribution in [3.05, 3.63) is 42.0 Å². The first-order valence-electron chi connectivity index (χ1n) is 13.2. The third-order valence-electron chi connectivity index (χ3n) is 8.14. The summed E-state index contributed by atoms with van der Waals surface area (Å²) in [5.74, 6) is 1.69. The number of carbonyl (C=O) groups excluding carboxylic acids is 2. The van der Waals surface area contributed by atoms with Crippen LogP contribution in [0.2, 0.25) is 0 Å². The normalized spacial score (nSPS) is 18.8. The molecule has 1 aromatic carbocycles. The van der Waals surface area contributed by atoms with E-state index in [2.05, 4.69) is 42.2 Å². The van der Waals surface area contributed by atoms with Gasteiger partial charge in [-0.25, -0.2) is 15.0 Å². The molecule has 37 heavy (non-hydrogen) atoms. The fraction of sp³-hybridized carbons (Fsp3) is 0.519. The van der Waals surface area contributed by atoms with Gasteiger partial charge in [-0.05, 0) is 57.3 Å². The van der Waals surface area contributed by atoms with Gasteiger partial charge in [-0.1, -0.05) is 18.2 Å². The fourth-order valence-corrected chi connectivity index (χ4v) is 5.76. The molecule has 4 heterocycles. The maximum Gasteiger partial charge on any atom is 0.287 e. The molecule has 6 rings (SSSR count). The minimum Gasteiger partial charge on any atom is -0.355 e. The van der Waals surface area contributed by atoms with Gasteiger partial charge in [-0.15, -0.1) is 0 Å². The van der Waals surface area contributed by atoms with Crippen molar-refractivity contribution in [3.8, 4) is 0 Å². The maximum atomic E-state index is 13.8. The van der Waals surface area contributed by atoms with Crippen LogP contribution < -0.4 is 15.1 Å². The highest BCUT2D eigenvalue weighted by atomic mass is 16.2. The molecule has 10 nitrogen and oxygen atoms in total. The predicted molar refractivity (Wildman–Crippen MR) is 142 cm³/mol. The van der Waals surface area contributed by atoms with Gasteiger partial charge in [0.2, 0.25) is 11.7 Å². The summed E-state index contributed by atoms with van der Waals surface area (Å²) in [6.45, 7) is 3.54. The van der Waals surface area contributed by atoms with Crippen molar-refractivity contribution in [2.24, 2.45) is 13.0 Å². The second kappa shape index (κ2) is 9.09. The maximum absolute atomic E-state index is 13.8. The lowest BCUT2D eigenvalue weighted by Gasteiger charge is -2.39. The molecule has 10 heteroatoms. The molecule has 1 saturated carbocycles. The largest absolute Gasteiger partial charge is 0.355 e. The van der Waals surface area contributed by atoms with Gasteiger partial charge in [0.05, 0.1) is 5.41 Å². The summed E-state index contributed by atoms with van der Waals surface area (Å²) in [4.78, 5) is 46.6. The molecule has 0 atom stereocenters. The Balaban J connectivity index is 1.25. The number of piperidine rings is 1. The summed E-state index contributed by atoms with van der Waals surface area (Å²) >= 11 is 0. The molecule has 2 fully saturated rings. The number of hydrogen-bond acceptors (Lipinski definition) is 7. The number of aromatic nitrogens is 4. The van der Waals surface area contributed by atoms with Crippen LogP contribution in [-0.2, 0) is 17.3 Å². The van der Waals surface area contributed by atoms with E-state index < -0.39 is 5.41 Å². The first kappa shape index (κ1) is 23.8. The minimum atomic E-state index is -0.510. The van der Waals surface area contributed by atoms with E-state index in [-0.39, 0.29) is 11.8 Å². The van der Waals surface area contributed by atoms with E-state index in [4.69, 9.17) is 0 Å². The van der Waals surface area contributed by atoms with Crippen molar-refractivity contribution >= 4 is 34.5 Å². The lowest BCUT2D eigenvalue weighted by Crippen LogP contribution is -2.49. The van der Waals surface area contributed by atoms with Crippen LogP contribution in [0.3, 0.4) is 0 Å². The Morgan fingerprint density at radius 2 is 1.92 bits per heavy atom. The van der Waals surface area contributed by atoms with Gasteiger partial charge in [-0.2, -0.15) is 0 Å². The Bertz CT molecular complexity index is 1350. The van der Waals surface area contributed by atoms with Crippen LogP contribution in [0.4, 0.5) is 11.5 Å². The quantitative estimate of drug-likeness (QED) is 0.527. The second-order valence-electron chi connectivity index (χ2n) is 10.9. The Hall–Kier alpha value is -3.53. The number of carbonyl (C=O) groups is 2. The highest BCUT2D eigenvalue weighted by Crippen LogP contribution is 2.48. The first-order valence-corrected chi connectivity index (χ1v) is 13.2. The molecule has 0 radical (unpaired) electrons. The van der Waals surface area contributed by atoms with Crippen molar-refractivity contribution < 1.29 is 9.59 Å². The van der Waals surface area contributed by atoms with E-state index in [1.807, 2.05) is 38.2 Å². The van der Waals surface area contributed by atoms with Crippen LogP contribution in [0, 0.1) is 5.92 Å². The molecular weight excluding hydrogens is 468 g/mol. The average molecular weight is 503 g/mol. The van der Waals surface area contributed by atoms with E-state index in [0.717, 1.165) is 23.6 Å². The minimum absolute atomic E-state index is 0.179. The Morgan fingerprint density at radius 1 is 1.16 bits per heavy atom. The molecule has 2 amide bonds. The molecule has 1 aliphatic carbocycles. The Morgan fingerprint density at radius 3 is 2.65 bits per heavy atom. The molecule has 194 valence electrons. The van der Waals surface area contributed by atoms with Crippen molar-refractivity contribution in [3.63, 3.8) is 0 Å². The molecule has 1 saturated heterocycles. The zero-order valence-corrected chi connectivity index (χ0v) is 21.8. The molecule has 3 aliphatic rings. The molecular formula is C27H34N8O2. The number of hydrogen-bond donors (Lipinski definition) is 1.